The van der Waals surface area contributed by atoms with Gasteiger partial charge in [0.05, 0.1) is 11.0 Å². The van der Waals surface area contributed by atoms with Crippen molar-refractivity contribution in [2.75, 3.05) is 0 Å². The van der Waals surface area contributed by atoms with E-state index in [2.05, 4.69) is 20.8 Å². The molecule has 3 heterocycles. The van der Waals surface area contributed by atoms with Crippen molar-refractivity contribution in [1.29, 1.82) is 0 Å². The quantitative estimate of drug-likeness (QED) is 0.448. The molecule has 2 aromatic carbocycles. The van der Waals surface area contributed by atoms with Gasteiger partial charge in [-0.2, -0.15) is 0 Å². The Hall–Kier alpha value is -3.54. The highest BCUT2D eigenvalue weighted by atomic mass is 16.1. The van der Waals surface area contributed by atoms with Crippen molar-refractivity contribution in [2.24, 2.45) is 5.92 Å². The summed E-state index contributed by atoms with van der Waals surface area (Å²) in [4.78, 5) is 28.2. The van der Waals surface area contributed by atoms with E-state index in [-0.39, 0.29) is 5.56 Å². The molecule has 30 heavy (non-hydrogen) atoms. The lowest BCUT2D eigenvalue weighted by Crippen LogP contribution is -2.26. The molecule has 0 radical (unpaired) electrons. The van der Waals surface area contributed by atoms with Crippen LogP contribution in [0.15, 0.2) is 53.3 Å². The molecule has 0 atom stereocenters. The van der Waals surface area contributed by atoms with Gasteiger partial charge in [-0.3, -0.25) is 13.9 Å². The smallest absolute Gasteiger partial charge is 0.265 e. The highest BCUT2D eigenvalue weighted by Crippen LogP contribution is 2.28. The van der Waals surface area contributed by atoms with Crippen LogP contribution in [0.3, 0.4) is 0 Å². The van der Waals surface area contributed by atoms with Crippen molar-refractivity contribution in [1.82, 2.24) is 24.1 Å². The van der Waals surface area contributed by atoms with Crippen molar-refractivity contribution < 1.29 is 0 Å². The molecule has 0 fully saturated rings. The molecule has 0 aliphatic rings. The zero-order valence-electron chi connectivity index (χ0n) is 17.5. The van der Waals surface area contributed by atoms with Crippen LogP contribution in [-0.4, -0.2) is 24.1 Å². The van der Waals surface area contributed by atoms with Gasteiger partial charge in [-0.25, -0.2) is 15.0 Å². The van der Waals surface area contributed by atoms with Gasteiger partial charge in [-0.15, -0.1) is 0 Å². The average molecular weight is 397 g/mol. The molecule has 150 valence electrons. The molecule has 6 heteroatoms. The number of nitrogens with zero attached hydrogens (tertiary/aromatic N) is 5. The lowest BCUT2D eigenvalue weighted by atomic mass is 10.2. The first-order valence-corrected chi connectivity index (χ1v) is 10.2. The monoisotopic (exact) mass is 397 g/mol. The maximum atomic E-state index is 13.6. The molecule has 0 bridgehead atoms. The van der Waals surface area contributed by atoms with Crippen molar-refractivity contribution in [3.05, 3.63) is 70.3 Å². The summed E-state index contributed by atoms with van der Waals surface area (Å²) < 4.78 is 3.71. The van der Waals surface area contributed by atoms with Crippen LogP contribution >= 0.6 is 0 Å². The predicted octanol–water partition coefficient (Wildman–Crippen LogP) is 4.56. The molecular weight excluding hydrogens is 374 g/mol. The number of benzene rings is 2. The third-order valence-corrected chi connectivity index (χ3v) is 5.39. The Morgan fingerprint density at radius 3 is 2.20 bits per heavy atom. The predicted molar refractivity (Wildman–Crippen MR) is 120 cm³/mol. The summed E-state index contributed by atoms with van der Waals surface area (Å²) in [7, 11) is 0. The summed E-state index contributed by atoms with van der Waals surface area (Å²) in [6.45, 7) is 8.75. The number of hydrogen-bond donors (Lipinski definition) is 0. The van der Waals surface area contributed by atoms with Gasteiger partial charge in [0, 0.05) is 12.2 Å². The van der Waals surface area contributed by atoms with Gasteiger partial charge >= 0.3 is 0 Å². The first-order chi connectivity index (χ1) is 14.4. The molecule has 0 saturated carbocycles. The Kier molecular flexibility index (Phi) is 4.17. The second-order valence-electron chi connectivity index (χ2n) is 8.22. The Balaban J connectivity index is 1.99. The molecule has 0 unspecified atom stereocenters. The minimum atomic E-state index is -0.0633. The van der Waals surface area contributed by atoms with Crippen LogP contribution in [0, 0.1) is 19.8 Å². The van der Waals surface area contributed by atoms with Crippen molar-refractivity contribution >= 4 is 33.2 Å². The molecule has 5 aromatic rings. The van der Waals surface area contributed by atoms with E-state index in [1.807, 2.05) is 60.0 Å². The second kappa shape index (κ2) is 6.76. The highest BCUT2D eigenvalue weighted by molar-refractivity contribution is 6.05. The van der Waals surface area contributed by atoms with Crippen molar-refractivity contribution in [3.8, 4) is 5.69 Å². The highest BCUT2D eigenvalue weighted by Gasteiger charge is 2.22. The molecule has 0 saturated heterocycles. The number of rotatable bonds is 3. The summed E-state index contributed by atoms with van der Waals surface area (Å²) in [5.74, 6) is 1.03. The third kappa shape index (κ3) is 2.79. The van der Waals surface area contributed by atoms with Crippen LogP contribution in [0.25, 0.3) is 38.9 Å². The van der Waals surface area contributed by atoms with Crippen molar-refractivity contribution in [2.45, 2.75) is 34.2 Å². The first-order valence-electron chi connectivity index (χ1n) is 10.2. The summed E-state index contributed by atoms with van der Waals surface area (Å²) in [6.07, 6.45) is 0. The number of aromatic nitrogens is 5. The lowest BCUT2D eigenvalue weighted by Gasteiger charge is -2.12. The molecular formula is C24H23N5O. The molecule has 0 amide bonds. The lowest BCUT2D eigenvalue weighted by molar-refractivity contribution is 0.498. The minimum Gasteiger partial charge on any atom is -0.296 e. The zero-order chi connectivity index (χ0) is 21.0. The van der Waals surface area contributed by atoms with Gasteiger partial charge in [-0.1, -0.05) is 43.7 Å². The van der Waals surface area contributed by atoms with E-state index in [4.69, 9.17) is 15.0 Å². The standard InChI is InChI=1S/C24H23N5O/c1-14(2)13-28-16(4)25-22-20(24(28)30)21-23(27-19-8-6-5-7-18(19)26-21)29(22)17-11-9-15(3)10-12-17/h5-12,14H,13H2,1-4H3. The van der Waals surface area contributed by atoms with E-state index >= 15 is 0 Å². The van der Waals surface area contributed by atoms with E-state index in [1.165, 1.54) is 5.56 Å². The summed E-state index contributed by atoms with van der Waals surface area (Å²) in [5, 5.41) is 0.523. The van der Waals surface area contributed by atoms with Crippen LogP contribution < -0.4 is 5.56 Å². The summed E-state index contributed by atoms with van der Waals surface area (Å²) in [6, 6.07) is 15.9. The van der Waals surface area contributed by atoms with Crippen LogP contribution in [0.1, 0.15) is 25.2 Å². The van der Waals surface area contributed by atoms with Gasteiger partial charge in [-0.05, 0) is 44.0 Å². The Bertz CT molecular complexity index is 1480. The SMILES string of the molecule is Cc1ccc(-n2c3nc4ccccc4nc3c3c(=O)n(CC(C)C)c(C)nc32)cc1. The summed E-state index contributed by atoms with van der Waals surface area (Å²) >= 11 is 0. The van der Waals surface area contributed by atoms with Gasteiger partial charge in [0.2, 0.25) is 0 Å². The van der Waals surface area contributed by atoms with Crippen LogP contribution in [0.4, 0.5) is 0 Å². The Morgan fingerprint density at radius 1 is 0.867 bits per heavy atom. The molecule has 0 N–H and O–H groups in total. The molecule has 0 aliphatic carbocycles. The molecule has 5 rings (SSSR count). The normalized spacial score (nSPS) is 11.9. The van der Waals surface area contributed by atoms with Gasteiger partial charge in [0.15, 0.2) is 11.3 Å². The van der Waals surface area contributed by atoms with Gasteiger partial charge < -0.3 is 0 Å². The fourth-order valence-electron chi connectivity index (χ4n) is 3.95. The third-order valence-electron chi connectivity index (χ3n) is 5.39. The minimum absolute atomic E-state index is 0.0633. The topological polar surface area (TPSA) is 65.6 Å². The van der Waals surface area contributed by atoms with E-state index in [1.54, 1.807) is 4.57 Å². The number of aryl methyl sites for hydroxylation is 2. The number of hydrogen-bond acceptors (Lipinski definition) is 4. The first kappa shape index (κ1) is 18.5. The fraction of sp³-hybridized carbons (Fsp3) is 0.250. The maximum Gasteiger partial charge on any atom is 0.265 e. The Labute approximate surface area is 173 Å². The van der Waals surface area contributed by atoms with Crippen LogP contribution in [0.5, 0.6) is 0 Å². The number of fused-ring (bicyclic) bond motifs is 4. The molecule has 0 aliphatic heterocycles. The molecule has 6 nitrogen and oxygen atoms in total. The Morgan fingerprint density at radius 2 is 1.53 bits per heavy atom. The van der Waals surface area contributed by atoms with E-state index in [0.717, 1.165) is 16.7 Å². The van der Waals surface area contributed by atoms with Crippen molar-refractivity contribution in [3.63, 3.8) is 0 Å². The summed E-state index contributed by atoms with van der Waals surface area (Å²) in [5.41, 5.74) is 5.43. The zero-order valence-corrected chi connectivity index (χ0v) is 17.5. The van der Waals surface area contributed by atoms with E-state index < -0.39 is 0 Å². The maximum absolute atomic E-state index is 13.6. The van der Waals surface area contributed by atoms with E-state index in [9.17, 15) is 4.79 Å². The number of para-hydroxylation sites is 2. The van der Waals surface area contributed by atoms with Crippen LogP contribution in [-0.2, 0) is 6.54 Å². The molecule has 0 spiro atoms. The molecule has 3 aromatic heterocycles. The van der Waals surface area contributed by atoms with Gasteiger partial charge in [0.1, 0.15) is 16.7 Å². The average Bonchev–Trinajstić information content (AvgIpc) is 3.02. The largest absolute Gasteiger partial charge is 0.296 e. The van der Waals surface area contributed by atoms with E-state index in [0.29, 0.717) is 40.5 Å². The fourth-order valence-corrected chi connectivity index (χ4v) is 3.95. The van der Waals surface area contributed by atoms with Crippen LogP contribution in [0.2, 0.25) is 0 Å². The van der Waals surface area contributed by atoms with Gasteiger partial charge in [0.25, 0.3) is 5.56 Å². The second-order valence-corrected chi connectivity index (χ2v) is 8.22.